The summed E-state index contributed by atoms with van der Waals surface area (Å²) in [6.45, 7) is 4.69. The maximum atomic E-state index is 5.41. The van der Waals surface area contributed by atoms with Gasteiger partial charge in [-0.2, -0.15) is 0 Å². The maximum absolute atomic E-state index is 5.41. The Hall–Kier alpha value is -8.13. The normalized spacial score (nSPS) is 12.9. The minimum Gasteiger partial charge on any atom is -0.308 e. The van der Waals surface area contributed by atoms with Crippen molar-refractivity contribution in [2.45, 2.75) is 19.3 Å². The van der Waals surface area contributed by atoms with Gasteiger partial charge < -0.3 is 4.57 Å². The Morgan fingerprint density at radius 2 is 1.00 bits per heavy atom. The SMILES string of the molecule is CC1(C)c2ccccc2-c2cc3c(cc21)c1ccccc1n3-c1ccc(-c2nc(-c3ccccc3)c3sc4ccccc4c3n2)cc1-c1nc(-c2ccccc2)nc(-c2ccccc2)n1. The van der Waals surface area contributed by atoms with E-state index < -0.39 is 0 Å². The molecule has 0 atom stereocenters. The summed E-state index contributed by atoms with van der Waals surface area (Å²) in [5.41, 5.74) is 14.6. The van der Waals surface area contributed by atoms with E-state index in [0.29, 0.717) is 23.3 Å². The van der Waals surface area contributed by atoms with Gasteiger partial charge in [-0.3, -0.25) is 0 Å². The van der Waals surface area contributed by atoms with Crippen LogP contribution in [0.15, 0.2) is 194 Å². The molecule has 0 spiro atoms. The van der Waals surface area contributed by atoms with Crippen LogP contribution in [0, 0.1) is 0 Å². The topological polar surface area (TPSA) is 69.4 Å². The van der Waals surface area contributed by atoms with Gasteiger partial charge in [0.2, 0.25) is 0 Å². The van der Waals surface area contributed by atoms with Crippen molar-refractivity contribution in [3.8, 4) is 73.6 Å². The molecule has 6 nitrogen and oxygen atoms in total. The van der Waals surface area contributed by atoms with Crippen LogP contribution in [0.25, 0.3) is 116 Å². The maximum Gasteiger partial charge on any atom is 0.166 e. The fourth-order valence-electron chi connectivity index (χ4n) is 9.91. The van der Waals surface area contributed by atoms with Crippen molar-refractivity contribution in [1.29, 1.82) is 0 Å². The summed E-state index contributed by atoms with van der Waals surface area (Å²) < 4.78 is 4.65. The van der Waals surface area contributed by atoms with Gasteiger partial charge in [-0.1, -0.05) is 166 Å². The van der Waals surface area contributed by atoms with Crippen LogP contribution in [0.4, 0.5) is 0 Å². The molecule has 0 radical (unpaired) electrons. The monoisotopic (exact) mass is 850 g/mol. The van der Waals surface area contributed by atoms with Crippen LogP contribution in [-0.4, -0.2) is 29.5 Å². The summed E-state index contributed by atoms with van der Waals surface area (Å²) in [7, 11) is 0. The highest BCUT2D eigenvalue weighted by molar-refractivity contribution is 7.26. The van der Waals surface area contributed by atoms with Gasteiger partial charge in [-0.15, -0.1) is 11.3 Å². The van der Waals surface area contributed by atoms with Crippen LogP contribution in [0.5, 0.6) is 0 Å². The molecule has 1 aliphatic rings. The highest BCUT2D eigenvalue weighted by Crippen LogP contribution is 2.51. The van der Waals surface area contributed by atoms with Crippen LogP contribution < -0.4 is 0 Å². The Bertz CT molecular complexity index is 3800. The lowest BCUT2D eigenvalue weighted by Crippen LogP contribution is -2.14. The van der Waals surface area contributed by atoms with Gasteiger partial charge in [0.25, 0.3) is 0 Å². The fraction of sp³-hybridized carbons (Fsp3) is 0.0517. The van der Waals surface area contributed by atoms with E-state index in [2.05, 4.69) is 170 Å². The molecule has 306 valence electrons. The Morgan fingerprint density at radius 3 is 1.74 bits per heavy atom. The molecule has 13 rings (SSSR count). The molecular weight excluding hydrogens is 813 g/mol. The largest absolute Gasteiger partial charge is 0.308 e. The average Bonchev–Trinajstić information content (AvgIpc) is 3.98. The number of thiophene rings is 1. The first kappa shape index (κ1) is 37.4. The zero-order chi connectivity index (χ0) is 43.2. The van der Waals surface area contributed by atoms with Crippen LogP contribution in [0.3, 0.4) is 0 Å². The number of rotatable bonds is 6. The van der Waals surface area contributed by atoms with E-state index in [1.165, 1.54) is 37.7 Å². The molecule has 0 saturated carbocycles. The number of para-hydroxylation sites is 1. The van der Waals surface area contributed by atoms with Crippen LogP contribution in [0.2, 0.25) is 0 Å². The van der Waals surface area contributed by atoms with Crippen molar-refractivity contribution in [3.05, 3.63) is 205 Å². The van der Waals surface area contributed by atoms with Crippen molar-refractivity contribution >= 4 is 53.4 Å². The van der Waals surface area contributed by atoms with E-state index in [1.807, 2.05) is 42.5 Å². The number of fused-ring (bicyclic) bond motifs is 9. The molecule has 7 heteroatoms. The van der Waals surface area contributed by atoms with E-state index in [0.717, 1.165) is 65.8 Å². The standard InChI is InChI=1S/C58H38N6S/c1-58(2)45-27-15-12-24-39(45)42-34-49-43(33-46(42)58)40-25-13-16-28-47(40)64(49)48-31-30-38(56-59-51(35-18-6-3-7-19-35)53-52(60-56)41-26-14-17-29-50(41)65-53)32-44(48)57-62-54(36-20-8-4-9-21-36)61-55(63-57)37-22-10-5-11-23-37/h3-34H,1-2H3. The van der Waals surface area contributed by atoms with Gasteiger partial charge in [0, 0.05) is 54.1 Å². The Balaban J connectivity index is 1.13. The van der Waals surface area contributed by atoms with Gasteiger partial charge in [0.15, 0.2) is 23.3 Å². The number of benzene rings is 8. The molecule has 0 fully saturated rings. The summed E-state index contributed by atoms with van der Waals surface area (Å²) in [6, 6.07) is 68.2. The van der Waals surface area contributed by atoms with Gasteiger partial charge >= 0.3 is 0 Å². The summed E-state index contributed by atoms with van der Waals surface area (Å²) in [4.78, 5) is 26.6. The van der Waals surface area contributed by atoms with E-state index in [9.17, 15) is 0 Å². The van der Waals surface area contributed by atoms with Crippen molar-refractivity contribution in [3.63, 3.8) is 0 Å². The smallest absolute Gasteiger partial charge is 0.166 e. The van der Waals surface area contributed by atoms with Gasteiger partial charge in [0.05, 0.1) is 32.6 Å². The Labute approximate surface area is 379 Å². The lowest BCUT2D eigenvalue weighted by atomic mass is 9.82. The second-order valence-corrected chi connectivity index (χ2v) is 18.3. The molecule has 0 unspecified atom stereocenters. The summed E-state index contributed by atoms with van der Waals surface area (Å²) in [5, 5.41) is 3.50. The molecule has 0 aliphatic heterocycles. The summed E-state index contributed by atoms with van der Waals surface area (Å²) >= 11 is 1.74. The molecule has 4 heterocycles. The first-order chi connectivity index (χ1) is 32.0. The van der Waals surface area contributed by atoms with Gasteiger partial charge in [0.1, 0.15) is 0 Å². The van der Waals surface area contributed by atoms with Crippen molar-refractivity contribution < 1.29 is 0 Å². The number of hydrogen-bond acceptors (Lipinski definition) is 6. The van der Waals surface area contributed by atoms with E-state index >= 15 is 0 Å². The molecule has 4 aromatic heterocycles. The first-order valence-corrected chi connectivity index (χ1v) is 22.7. The zero-order valence-electron chi connectivity index (χ0n) is 35.6. The molecule has 65 heavy (non-hydrogen) atoms. The minimum absolute atomic E-state index is 0.143. The van der Waals surface area contributed by atoms with Crippen LogP contribution in [0.1, 0.15) is 25.0 Å². The molecule has 0 N–H and O–H groups in total. The predicted molar refractivity (Wildman–Crippen MR) is 267 cm³/mol. The number of aromatic nitrogens is 6. The third-order valence-electron chi connectivity index (χ3n) is 13.1. The molecule has 0 bridgehead atoms. The van der Waals surface area contributed by atoms with Crippen LogP contribution in [-0.2, 0) is 5.41 Å². The predicted octanol–water partition coefficient (Wildman–Crippen LogP) is 14.8. The molecule has 0 amide bonds. The second kappa shape index (κ2) is 14.5. The number of nitrogens with zero attached hydrogens (tertiary/aromatic N) is 6. The molecule has 0 saturated heterocycles. The quantitative estimate of drug-likeness (QED) is 0.167. The Morgan fingerprint density at radius 1 is 0.400 bits per heavy atom. The highest BCUT2D eigenvalue weighted by atomic mass is 32.1. The van der Waals surface area contributed by atoms with E-state index in [1.54, 1.807) is 11.3 Å². The van der Waals surface area contributed by atoms with Gasteiger partial charge in [-0.25, -0.2) is 24.9 Å². The third kappa shape index (κ3) is 5.89. The van der Waals surface area contributed by atoms with Crippen molar-refractivity contribution in [2.24, 2.45) is 0 Å². The van der Waals surface area contributed by atoms with Crippen molar-refractivity contribution in [1.82, 2.24) is 29.5 Å². The summed E-state index contributed by atoms with van der Waals surface area (Å²) in [5.74, 6) is 2.38. The molecular formula is C58H38N6S. The Kier molecular flexibility index (Phi) is 8.32. The third-order valence-corrected chi connectivity index (χ3v) is 14.2. The van der Waals surface area contributed by atoms with Crippen molar-refractivity contribution in [2.75, 3.05) is 0 Å². The van der Waals surface area contributed by atoms with E-state index in [4.69, 9.17) is 24.9 Å². The molecule has 8 aromatic carbocycles. The fourth-order valence-corrected chi connectivity index (χ4v) is 11.1. The zero-order valence-corrected chi connectivity index (χ0v) is 36.4. The lowest BCUT2D eigenvalue weighted by Gasteiger charge is -2.21. The first-order valence-electron chi connectivity index (χ1n) is 21.9. The average molecular weight is 851 g/mol. The minimum atomic E-state index is -0.143. The summed E-state index contributed by atoms with van der Waals surface area (Å²) in [6.07, 6.45) is 0. The molecule has 12 aromatic rings. The van der Waals surface area contributed by atoms with E-state index in [-0.39, 0.29) is 5.41 Å². The highest BCUT2D eigenvalue weighted by Gasteiger charge is 2.36. The van der Waals surface area contributed by atoms with Crippen LogP contribution >= 0.6 is 11.3 Å². The lowest BCUT2D eigenvalue weighted by molar-refractivity contribution is 0.661. The molecule has 1 aliphatic carbocycles. The second-order valence-electron chi connectivity index (χ2n) is 17.2. The van der Waals surface area contributed by atoms with Gasteiger partial charge in [-0.05, 0) is 64.7 Å². The number of hydrogen-bond donors (Lipinski definition) is 0.